The first-order valence-electron chi connectivity index (χ1n) is 15.5. The number of thioether (sulfide) groups is 1. The average Bonchev–Trinajstić information content (AvgIpc) is 2.85. The third kappa shape index (κ3) is 16.2. The Morgan fingerprint density at radius 3 is 1.50 bits per heavy atom. The van der Waals surface area contributed by atoms with Gasteiger partial charge >= 0.3 is 0 Å². The summed E-state index contributed by atoms with van der Waals surface area (Å²) in [6, 6.07) is 5.89. The van der Waals surface area contributed by atoms with Crippen LogP contribution >= 0.6 is 11.8 Å². The summed E-state index contributed by atoms with van der Waals surface area (Å²) in [6.07, 6.45) is 21.1. The summed E-state index contributed by atoms with van der Waals surface area (Å²) in [5.41, 5.74) is 2.58. The molecule has 38 heavy (non-hydrogen) atoms. The van der Waals surface area contributed by atoms with Gasteiger partial charge in [0.25, 0.3) is 0 Å². The van der Waals surface area contributed by atoms with Crippen LogP contribution in [0.2, 0.25) is 0 Å². The molecule has 0 aromatic heterocycles. The molecule has 0 radical (unpaired) electrons. The van der Waals surface area contributed by atoms with Crippen LogP contribution in [0.5, 0.6) is 0 Å². The van der Waals surface area contributed by atoms with Gasteiger partial charge in [-0.15, -0.1) is 0 Å². The minimum Gasteiger partial charge on any atom is -0.286 e. The van der Waals surface area contributed by atoms with Crippen molar-refractivity contribution >= 4 is 32.6 Å². The van der Waals surface area contributed by atoms with E-state index in [1.807, 2.05) is 18.2 Å². The molecule has 6 heteroatoms. The van der Waals surface area contributed by atoms with E-state index in [1.54, 1.807) is 0 Å². The number of rotatable bonds is 23. The maximum absolute atomic E-state index is 12.8. The van der Waals surface area contributed by atoms with Crippen LogP contribution in [0.1, 0.15) is 160 Å². The summed E-state index contributed by atoms with van der Waals surface area (Å²) < 4.78 is 28.3. The van der Waals surface area contributed by atoms with Gasteiger partial charge in [-0.1, -0.05) is 161 Å². The molecule has 1 N–H and O–H groups in total. The molecule has 0 spiro atoms. The molecule has 0 amide bonds. The van der Waals surface area contributed by atoms with E-state index in [2.05, 4.69) is 39.3 Å². The van der Waals surface area contributed by atoms with Gasteiger partial charge in [-0.25, -0.2) is 8.42 Å². The maximum atomic E-state index is 12.8. The van der Waals surface area contributed by atoms with Gasteiger partial charge in [0.1, 0.15) is 5.75 Å². The summed E-state index contributed by atoms with van der Waals surface area (Å²) in [5, 5.41) is -0.272. The van der Waals surface area contributed by atoms with E-state index < -0.39 is 15.8 Å². The monoisotopic (exact) mass is 567 g/mol. The van der Waals surface area contributed by atoms with Crippen LogP contribution in [-0.4, -0.2) is 25.0 Å². The highest BCUT2D eigenvalue weighted by Crippen LogP contribution is 2.33. The number of unbranched alkanes of at least 4 members (excludes halogenated alkanes) is 15. The molecular formula is C32H57NO3S2. The minimum absolute atomic E-state index is 0.186. The van der Waals surface area contributed by atoms with E-state index in [0.717, 1.165) is 35.7 Å². The highest BCUT2D eigenvalue weighted by atomic mass is 32.2. The zero-order chi connectivity index (χ0) is 28.2. The summed E-state index contributed by atoms with van der Waals surface area (Å²) in [7, 11) is -3.74. The SMILES string of the molecule is CCCCCCCCCCCCCCCCCCSC(=O)CS(=O)(=O)Nc1c(C(C)C)cccc1C(C)C. The van der Waals surface area contributed by atoms with Crippen molar-refractivity contribution < 1.29 is 13.2 Å². The molecule has 0 atom stereocenters. The van der Waals surface area contributed by atoms with Crippen LogP contribution in [0.15, 0.2) is 18.2 Å². The van der Waals surface area contributed by atoms with Crippen molar-refractivity contribution in [1.29, 1.82) is 0 Å². The lowest BCUT2D eigenvalue weighted by atomic mass is 9.93. The van der Waals surface area contributed by atoms with Crippen LogP contribution in [0.4, 0.5) is 5.69 Å². The first-order chi connectivity index (χ1) is 18.2. The Hall–Kier alpha value is -1.01. The summed E-state index contributed by atoms with van der Waals surface area (Å²) in [5.74, 6) is 0.602. The van der Waals surface area contributed by atoms with Gasteiger partial charge in [0.2, 0.25) is 15.1 Å². The van der Waals surface area contributed by atoms with E-state index in [9.17, 15) is 13.2 Å². The fourth-order valence-corrected chi connectivity index (χ4v) is 7.20. The van der Waals surface area contributed by atoms with Crippen molar-refractivity contribution in [2.24, 2.45) is 0 Å². The standard InChI is InChI=1S/C32H57NO3S2/c1-6-7-8-9-10-11-12-13-14-15-16-17-18-19-20-21-25-37-31(34)26-38(35,36)33-32-29(27(2)3)23-22-24-30(32)28(4)5/h22-24,27-28,33H,6-21,25-26H2,1-5H3. The predicted molar refractivity (Wildman–Crippen MR) is 169 cm³/mol. The number of para-hydroxylation sites is 1. The first-order valence-corrected chi connectivity index (χ1v) is 18.1. The Labute approximate surface area is 240 Å². The van der Waals surface area contributed by atoms with Crippen molar-refractivity contribution in [3.63, 3.8) is 0 Å². The molecule has 0 fully saturated rings. The third-order valence-electron chi connectivity index (χ3n) is 7.20. The lowest BCUT2D eigenvalue weighted by molar-refractivity contribution is -0.108. The van der Waals surface area contributed by atoms with Gasteiger partial charge in [-0.2, -0.15) is 0 Å². The fourth-order valence-electron chi connectivity index (χ4n) is 4.89. The zero-order valence-corrected chi connectivity index (χ0v) is 26.8. The first kappa shape index (κ1) is 35.0. The van der Waals surface area contributed by atoms with Gasteiger partial charge in [0.15, 0.2) is 0 Å². The Morgan fingerprint density at radius 2 is 1.11 bits per heavy atom. The van der Waals surface area contributed by atoms with Gasteiger partial charge in [0.05, 0.1) is 5.69 Å². The van der Waals surface area contributed by atoms with Crippen LogP contribution in [0, 0.1) is 0 Å². The van der Waals surface area contributed by atoms with Crippen LogP contribution < -0.4 is 4.72 Å². The zero-order valence-electron chi connectivity index (χ0n) is 25.2. The molecule has 0 aliphatic carbocycles. The highest BCUT2D eigenvalue weighted by Gasteiger charge is 2.22. The molecular weight excluding hydrogens is 510 g/mol. The fraction of sp³-hybridized carbons (Fsp3) is 0.781. The molecule has 0 bridgehead atoms. The molecule has 220 valence electrons. The molecule has 0 aliphatic heterocycles. The number of carbonyl (C=O) groups excluding carboxylic acids is 1. The lowest BCUT2D eigenvalue weighted by Gasteiger charge is -2.20. The third-order valence-corrected chi connectivity index (χ3v) is 9.50. The minimum atomic E-state index is -3.74. The van der Waals surface area contributed by atoms with Gasteiger partial charge in [-0.05, 0) is 29.4 Å². The molecule has 1 rings (SSSR count). The van der Waals surface area contributed by atoms with E-state index in [4.69, 9.17) is 0 Å². The van der Waals surface area contributed by atoms with Crippen molar-refractivity contribution in [1.82, 2.24) is 0 Å². The second-order valence-corrected chi connectivity index (χ2v) is 14.4. The van der Waals surface area contributed by atoms with Crippen molar-refractivity contribution in [3.8, 4) is 0 Å². The summed E-state index contributed by atoms with van der Waals surface area (Å²) >= 11 is 1.16. The number of hydrogen-bond acceptors (Lipinski definition) is 4. The molecule has 0 heterocycles. The topological polar surface area (TPSA) is 63.2 Å². The molecule has 0 saturated carbocycles. The number of hydrogen-bond donors (Lipinski definition) is 1. The Balaban J connectivity index is 2.14. The van der Waals surface area contributed by atoms with Crippen LogP contribution in [-0.2, 0) is 14.8 Å². The average molecular weight is 568 g/mol. The number of carbonyl (C=O) groups is 1. The van der Waals surface area contributed by atoms with Crippen LogP contribution in [0.25, 0.3) is 0 Å². The Kier molecular flexibility index (Phi) is 19.2. The number of sulfonamides is 1. The molecule has 0 saturated heterocycles. The van der Waals surface area contributed by atoms with E-state index in [1.165, 1.54) is 89.9 Å². The largest absolute Gasteiger partial charge is 0.286 e. The molecule has 0 unspecified atom stereocenters. The smallest absolute Gasteiger partial charge is 0.240 e. The number of nitrogens with one attached hydrogen (secondary N) is 1. The predicted octanol–water partition coefficient (Wildman–Crippen LogP) is 10.2. The molecule has 1 aromatic carbocycles. The number of benzene rings is 1. The van der Waals surface area contributed by atoms with Crippen LogP contribution in [0.3, 0.4) is 0 Å². The molecule has 4 nitrogen and oxygen atoms in total. The van der Waals surface area contributed by atoms with Gasteiger partial charge < -0.3 is 0 Å². The second-order valence-electron chi connectivity index (χ2n) is 11.5. The summed E-state index contributed by atoms with van der Waals surface area (Å²) in [4.78, 5) is 12.4. The maximum Gasteiger partial charge on any atom is 0.240 e. The number of anilines is 1. The second kappa shape index (κ2) is 20.8. The van der Waals surface area contributed by atoms with Crippen molar-refractivity contribution in [2.45, 2.75) is 149 Å². The van der Waals surface area contributed by atoms with E-state index in [-0.39, 0.29) is 17.0 Å². The van der Waals surface area contributed by atoms with Crippen molar-refractivity contribution in [2.75, 3.05) is 16.2 Å². The quantitative estimate of drug-likeness (QED) is 0.134. The summed E-state index contributed by atoms with van der Waals surface area (Å²) in [6.45, 7) is 10.5. The molecule has 1 aromatic rings. The molecule has 0 aliphatic rings. The van der Waals surface area contributed by atoms with E-state index in [0.29, 0.717) is 11.4 Å². The normalized spacial score (nSPS) is 12.0. The van der Waals surface area contributed by atoms with Gasteiger partial charge in [0, 0.05) is 5.75 Å². The van der Waals surface area contributed by atoms with Crippen molar-refractivity contribution in [3.05, 3.63) is 29.3 Å². The Bertz CT molecular complexity index is 839. The highest BCUT2D eigenvalue weighted by molar-refractivity contribution is 8.15. The Morgan fingerprint density at radius 1 is 0.711 bits per heavy atom. The lowest BCUT2D eigenvalue weighted by Crippen LogP contribution is -2.23. The van der Waals surface area contributed by atoms with E-state index >= 15 is 0 Å². The van der Waals surface area contributed by atoms with Gasteiger partial charge in [-0.3, -0.25) is 9.52 Å².